The van der Waals surface area contributed by atoms with Crippen molar-refractivity contribution in [3.63, 3.8) is 0 Å². The van der Waals surface area contributed by atoms with Gasteiger partial charge in [-0.25, -0.2) is 12.8 Å². The number of aromatic nitrogens is 2. The van der Waals surface area contributed by atoms with E-state index in [1.165, 1.54) is 16.4 Å². The van der Waals surface area contributed by atoms with Crippen LogP contribution >= 0.6 is 11.7 Å². The zero-order chi connectivity index (χ0) is 20.6. The summed E-state index contributed by atoms with van der Waals surface area (Å²) in [4.78, 5) is 12.7. The molecule has 1 aliphatic heterocycles. The number of carbonyl (C=O) groups excluding carboxylic acids is 1. The molecule has 1 saturated heterocycles. The highest BCUT2D eigenvalue weighted by molar-refractivity contribution is 7.89. The monoisotopic (exact) mass is 434 g/mol. The second-order valence-electron chi connectivity index (χ2n) is 7.02. The lowest BCUT2D eigenvalue weighted by molar-refractivity contribution is -0.120. The Hall–Kier alpha value is -2.43. The number of nitrogens with one attached hydrogen (secondary N) is 1. The van der Waals surface area contributed by atoms with Gasteiger partial charge in [0.2, 0.25) is 15.9 Å². The van der Waals surface area contributed by atoms with E-state index in [0.29, 0.717) is 35.1 Å². The molecule has 152 valence electrons. The van der Waals surface area contributed by atoms with Crippen LogP contribution in [0.15, 0.2) is 41.3 Å². The van der Waals surface area contributed by atoms with Gasteiger partial charge in [-0.3, -0.25) is 4.79 Å². The fourth-order valence-electron chi connectivity index (χ4n) is 3.40. The summed E-state index contributed by atoms with van der Waals surface area (Å²) in [6.07, 6.45) is 0.787. The number of hydrogen-bond donors (Lipinski definition) is 1. The van der Waals surface area contributed by atoms with Gasteiger partial charge in [-0.05, 0) is 49.6 Å². The SMILES string of the molecule is Cc1ccc(NC(=O)C2CCN(S(=O)(=O)c3cccc4nsnc34)CC2)cc1F. The predicted octanol–water partition coefficient (Wildman–Crippen LogP) is 3.18. The van der Waals surface area contributed by atoms with Crippen molar-refractivity contribution in [2.45, 2.75) is 24.7 Å². The van der Waals surface area contributed by atoms with Crippen molar-refractivity contribution >= 4 is 44.4 Å². The van der Waals surface area contributed by atoms with Crippen molar-refractivity contribution in [1.82, 2.24) is 13.1 Å². The third-order valence-corrected chi connectivity index (χ3v) is 7.60. The Labute approximate surface area is 171 Å². The van der Waals surface area contributed by atoms with Crippen LogP contribution in [0.5, 0.6) is 0 Å². The fraction of sp³-hybridized carbons (Fsp3) is 0.316. The first-order valence-electron chi connectivity index (χ1n) is 9.15. The number of amides is 1. The molecule has 2 heterocycles. The van der Waals surface area contributed by atoms with Gasteiger partial charge in [0, 0.05) is 24.7 Å². The second-order valence-corrected chi connectivity index (χ2v) is 9.45. The second kappa shape index (κ2) is 7.77. The number of piperidine rings is 1. The Balaban J connectivity index is 1.44. The van der Waals surface area contributed by atoms with Crippen LogP contribution in [-0.2, 0) is 14.8 Å². The van der Waals surface area contributed by atoms with Crippen LogP contribution in [0.4, 0.5) is 10.1 Å². The molecule has 0 atom stereocenters. The molecule has 0 bridgehead atoms. The van der Waals surface area contributed by atoms with Crippen LogP contribution in [0, 0.1) is 18.7 Å². The summed E-state index contributed by atoms with van der Waals surface area (Å²) in [5, 5.41) is 2.72. The van der Waals surface area contributed by atoms with E-state index in [1.807, 2.05) is 0 Å². The Morgan fingerprint density at radius 2 is 1.97 bits per heavy atom. The zero-order valence-electron chi connectivity index (χ0n) is 15.6. The van der Waals surface area contributed by atoms with E-state index in [9.17, 15) is 17.6 Å². The molecule has 29 heavy (non-hydrogen) atoms. The maximum absolute atomic E-state index is 13.7. The van der Waals surface area contributed by atoms with Gasteiger partial charge in [0.1, 0.15) is 21.7 Å². The molecule has 1 amide bonds. The average Bonchev–Trinajstić information content (AvgIpc) is 3.19. The number of fused-ring (bicyclic) bond motifs is 1. The Bertz CT molecular complexity index is 1170. The number of benzene rings is 2. The van der Waals surface area contributed by atoms with Crippen molar-refractivity contribution in [3.05, 3.63) is 47.8 Å². The summed E-state index contributed by atoms with van der Waals surface area (Å²) >= 11 is 0.974. The summed E-state index contributed by atoms with van der Waals surface area (Å²) in [6, 6.07) is 9.45. The number of halogens is 1. The quantitative estimate of drug-likeness (QED) is 0.681. The largest absolute Gasteiger partial charge is 0.326 e. The maximum atomic E-state index is 13.7. The number of anilines is 1. The molecule has 1 aliphatic rings. The molecular weight excluding hydrogens is 415 g/mol. The van der Waals surface area contributed by atoms with Crippen molar-refractivity contribution in [1.29, 1.82) is 0 Å². The lowest BCUT2D eigenvalue weighted by Gasteiger charge is -2.30. The molecule has 1 N–H and O–H groups in total. The van der Waals surface area contributed by atoms with E-state index >= 15 is 0 Å². The molecule has 10 heteroatoms. The van der Waals surface area contributed by atoms with Gasteiger partial charge in [0.05, 0.1) is 11.7 Å². The highest BCUT2D eigenvalue weighted by atomic mass is 32.2. The van der Waals surface area contributed by atoms with Crippen LogP contribution in [0.3, 0.4) is 0 Å². The van der Waals surface area contributed by atoms with Crippen molar-refractivity contribution in [2.75, 3.05) is 18.4 Å². The molecule has 0 spiro atoms. The minimum Gasteiger partial charge on any atom is -0.326 e. The van der Waals surface area contributed by atoms with Gasteiger partial charge in [-0.15, -0.1) is 0 Å². The van der Waals surface area contributed by atoms with E-state index in [4.69, 9.17) is 0 Å². The minimum absolute atomic E-state index is 0.141. The van der Waals surface area contributed by atoms with Crippen LogP contribution in [0.25, 0.3) is 11.0 Å². The first kappa shape index (κ1) is 19.9. The molecular formula is C19H19FN4O3S2. The number of sulfonamides is 1. The van der Waals surface area contributed by atoms with Crippen LogP contribution < -0.4 is 5.32 Å². The number of hydrogen-bond acceptors (Lipinski definition) is 6. The molecule has 7 nitrogen and oxygen atoms in total. The highest BCUT2D eigenvalue weighted by Crippen LogP contribution is 2.28. The average molecular weight is 435 g/mol. The molecule has 1 fully saturated rings. The van der Waals surface area contributed by atoms with Gasteiger partial charge in [0.25, 0.3) is 0 Å². The molecule has 2 aromatic carbocycles. The Morgan fingerprint density at radius 1 is 1.21 bits per heavy atom. The summed E-state index contributed by atoms with van der Waals surface area (Å²) in [5.74, 6) is -0.937. The standard InChI is InChI=1S/C19H19FN4O3S2/c1-12-5-6-14(11-15(12)20)21-19(25)13-7-9-24(10-8-13)29(26,27)17-4-2-3-16-18(17)23-28-22-16/h2-6,11,13H,7-10H2,1H3,(H,21,25). The molecule has 0 aliphatic carbocycles. The van der Waals surface area contributed by atoms with Crippen molar-refractivity contribution in [3.8, 4) is 0 Å². The third-order valence-electron chi connectivity index (χ3n) is 5.13. The van der Waals surface area contributed by atoms with Gasteiger partial charge >= 0.3 is 0 Å². The third kappa shape index (κ3) is 3.87. The van der Waals surface area contributed by atoms with Gasteiger partial charge < -0.3 is 5.32 Å². The van der Waals surface area contributed by atoms with Crippen LogP contribution in [0.1, 0.15) is 18.4 Å². The normalized spacial score (nSPS) is 16.2. The van der Waals surface area contributed by atoms with Crippen molar-refractivity contribution < 1.29 is 17.6 Å². The topological polar surface area (TPSA) is 92.3 Å². The molecule has 4 rings (SSSR count). The van der Waals surface area contributed by atoms with Gasteiger partial charge in [0.15, 0.2) is 0 Å². The zero-order valence-corrected chi connectivity index (χ0v) is 17.3. The van der Waals surface area contributed by atoms with Gasteiger partial charge in [-0.2, -0.15) is 13.1 Å². The van der Waals surface area contributed by atoms with E-state index < -0.39 is 10.0 Å². The Morgan fingerprint density at radius 3 is 2.69 bits per heavy atom. The van der Waals surface area contributed by atoms with E-state index in [-0.39, 0.29) is 35.6 Å². The number of carbonyl (C=O) groups is 1. The van der Waals surface area contributed by atoms with Crippen molar-refractivity contribution in [2.24, 2.45) is 5.92 Å². The molecule has 0 unspecified atom stereocenters. The molecule has 1 aromatic heterocycles. The molecule has 3 aromatic rings. The lowest BCUT2D eigenvalue weighted by atomic mass is 9.97. The van der Waals surface area contributed by atoms with Crippen LogP contribution in [0.2, 0.25) is 0 Å². The summed E-state index contributed by atoms with van der Waals surface area (Å²) in [6.45, 7) is 2.12. The highest BCUT2D eigenvalue weighted by Gasteiger charge is 2.33. The summed E-state index contributed by atoms with van der Waals surface area (Å²) in [7, 11) is -3.72. The fourth-order valence-corrected chi connectivity index (χ4v) is 5.62. The Kier molecular flexibility index (Phi) is 5.32. The van der Waals surface area contributed by atoms with E-state index in [1.54, 1.807) is 31.2 Å². The summed E-state index contributed by atoms with van der Waals surface area (Å²) in [5.41, 5.74) is 1.83. The lowest BCUT2D eigenvalue weighted by Crippen LogP contribution is -2.41. The first-order valence-corrected chi connectivity index (χ1v) is 11.3. The number of rotatable bonds is 4. The van der Waals surface area contributed by atoms with E-state index in [2.05, 4.69) is 14.1 Å². The first-order chi connectivity index (χ1) is 13.9. The summed E-state index contributed by atoms with van der Waals surface area (Å²) < 4.78 is 49.4. The minimum atomic E-state index is -3.72. The predicted molar refractivity (Wildman–Crippen MR) is 109 cm³/mol. The van der Waals surface area contributed by atoms with E-state index in [0.717, 1.165) is 11.7 Å². The maximum Gasteiger partial charge on any atom is 0.245 e. The van der Waals surface area contributed by atoms with Crippen LogP contribution in [-0.4, -0.2) is 40.5 Å². The smallest absolute Gasteiger partial charge is 0.245 e. The number of nitrogens with zero attached hydrogens (tertiary/aromatic N) is 3. The van der Waals surface area contributed by atoms with Gasteiger partial charge in [-0.1, -0.05) is 12.1 Å². The molecule has 0 saturated carbocycles. The molecule has 0 radical (unpaired) electrons. The number of aryl methyl sites for hydroxylation is 1.